The molecule has 2 rings (SSSR count). The molecule has 3 nitrogen and oxygen atoms in total. The molecule has 1 aromatic carbocycles. The van der Waals surface area contributed by atoms with Crippen LogP contribution in [0.1, 0.15) is 23.6 Å². The standard InChI is InChI=1S/C11H15NO2/c1-14-8-4-2-7-3-5-10(13)11(12)9(7)6-8/h2,4,6,10-11,13H,3,5,12H2,1H3/t10-,11-/m1/s1. The summed E-state index contributed by atoms with van der Waals surface area (Å²) in [6, 6.07) is 5.61. The summed E-state index contributed by atoms with van der Waals surface area (Å²) in [6.45, 7) is 0. The van der Waals surface area contributed by atoms with E-state index in [0.717, 1.165) is 24.2 Å². The van der Waals surface area contributed by atoms with Crippen LogP contribution in [-0.4, -0.2) is 18.3 Å². The molecule has 3 heteroatoms. The lowest BCUT2D eigenvalue weighted by Crippen LogP contribution is -2.31. The Morgan fingerprint density at radius 3 is 3.00 bits per heavy atom. The molecule has 1 aromatic rings. The normalized spacial score (nSPS) is 25.6. The summed E-state index contributed by atoms with van der Waals surface area (Å²) in [5.74, 6) is 0.799. The van der Waals surface area contributed by atoms with Crippen LogP contribution >= 0.6 is 0 Å². The van der Waals surface area contributed by atoms with E-state index < -0.39 is 6.10 Å². The molecule has 0 saturated heterocycles. The highest BCUT2D eigenvalue weighted by molar-refractivity contribution is 5.39. The number of rotatable bonds is 1. The lowest BCUT2D eigenvalue weighted by Gasteiger charge is -2.27. The fraction of sp³-hybridized carbons (Fsp3) is 0.455. The van der Waals surface area contributed by atoms with Gasteiger partial charge in [-0.05, 0) is 36.1 Å². The minimum absolute atomic E-state index is 0.270. The van der Waals surface area contributed by atoms with E-state index in [-0.39, 0.29) is 6.04 Å². The molecule has 0 radical (unpaired) electrons. The van der Waals surface area contributed by atoms with Crippen molar-refractivity contribution in [2.75, 3.05) is 7.11 Å². The molecule has 0 amide bonds. The summed E-state index contributed by atoms with van der Waals surface area (Å²) >= 11 is 0. The van der Waals surface area contributed by atoms with E-state index in [2.05, 4.69) is 0 Å². The highest BCUT2D eigenvalue weighted by atomic mass is 16.5. The number of aryl methyl sites for hydroxylation is 1. The summed E-state index contributed by atoms with van der Waals surface area (Å²) in [4.78, 5) is 0. The van der Waals surface area contributed by atoms with Crippen LogP contribution in [0.5, 0.6) is 5.75 Å². The molecule has 0 aromatic heterocycles. The highest BCUT2D eigenvalue weighted by Gasteiger charge is 2.24. The van der Waals surface area contributed by atoms with Crippen LogP contribution in [0, 0.1) is 0 Å². The Labute approximate surface area is 83.5 Å². The molecule has 0 aliphatic heterocycles. The number of hydrogen-bond donors (Lipinski definition) is 2. The molecule has 0 saturated carbocycles. The first-order chi connectivity index (χ1) is 6.72. The van der Waals surface area contributed by atoms with Crippen LogP contribution in [0.3, 0.4) is 0 Å². The number of ether oxygens (including phenoxy) is 1. The highest BCUT2D eigenvalue weighted by Crippen LogP contribution is 2.30. The van der Waals surface area contributed by atoms with Crippen LogP contribution in [0.15, 0.2) is 18.2 Å². The van der Waals surface area contributed by atoms with E-state index in [9.17, 15) is 5.11 Å². The lowest BCUT2D eigenvalue weighted by atomic mass is 9.86. The van der Waals surface area contributed by atoms with E-state index in [1.807, 2.05) is 18.2 Å². The fourth-order valence-corrected chi connectivity index (χ4v) is 1.93. The van der Waals surface area contributed by atoms with Crippen LogP contribution in [-0.2, 0) is 6.42 Å². The summed E-state index contributed by atoms with van der Waals surface area (Å²) in [7, 11) is 1.63. The molecule has 1 aliphatic rings. The zero-order valence-corrected chi connectivity index (χ0v) is 8.23. The topological polar surface area (TPSA) is 55.5 Å². The van der Waals surface area contributed by atoms with Gasteiger partial charge in [0.25, 0.3) is 0 Å². The summed E-state index contributed by atoms with van der Waals surface area (Å²) in [5.41, 5.74) is 8.15. The van der Waals surface area contributed by atoms with Crippen molar-refractivity contribution in [3.63, 3.8) is 0 Å². The second-order valence-corrected chi connectivity index (χ2v) is 3.70. The van der Waals surface area contributed by atoms with Crippen LogP contribution in [0.2, 0.25) is 0 Å². The Kier molecular flexibility index (Phi) is 2.44. The third kappa shape index (κ3) is 1.49. The number of aliphatic hydroxyl groups is 1. The second kappa shape index (κ2) is 3.59. The average molecular weight is 193 g/mol. The lowest BCUT2D eigenvalue weighted by molar-refractivity contribution is 0.128. The maximum Gasteiger partial charge on any atom is 0.119 e. The van der Waals surface area contributed by atoms with Gasteiger partial charge in [-0.1, -0.05) is 6.07 Å². The maximum atomic E-state index is 9.62. The van der Waals surface area contributed by atoms with Crippen LogP contribution in [0.4, 0.5) is 0 Å². The molecular formula is C11H15NO2. The van der Waals surface area contributed by atoms with Gasteiger partial charge in [-0.3, -0.25) is 0 Å². The minimum Gasteiger partial charge on any atom is -0.497 e. The van der Waals surface area contributed by atoms with Gasteiger partial charge in [-0.25, -0.2) is 0 Å². The van der Waals surface area contributed by atoms with Crippen molar-refractivity contribution in [1.82, 2.24) is 0 Å². The van der Waals surface area contributed by atoms with Crippen molar-refractivity contribution in [3.8, 4) is 5.75 Å². The van der Waals surface area contributed by atoms with Crippen molar-refractivity contribution >= 4 is 0 Å². The third-order valence-corrected chi connectivity index (χ3v) is 2.84. The molecule has 3 N–H and O–H groups in total. The minimum atomic E-state index is -0.422. The molecular weight excluding hydrogens is 178 g/mol. The van der Waals surface area contributed by atoms with E-state index in [4.69, 9.17) is 10.5 Å². The van der Waals surface area contributed by atoms with E-state index in [1.165, 1.54) is 5.56 Å². The van der Waals surface area contributed by atoms with E-state index >= 15 is 0 Å². The molecule has 14 heavy (non-hydrogen) atoms. The third-order valence-electron chi connectivity index (χ3n) is 2.84. The smallest absolute Gasteiger partial charge is 0.119 e. The van der Waals surface area contributed by atoms with Crippen molar-refractivity contribution in [1.29, 1.82) is 0 Å². The first-order valence-electron chi connectivity index (χ1n) is 4.83. The molecule has 0 heterocycles. The zero-order valence-electron chi connectivity index (χ0n) is 8.23. The molecule has 0 spiro atoms. The molecule has 0 unspecified atom stereocenters. The van der Waals surface area contributed by atoms with Gasteiger partial charge in [0, 0.05) is 0 Å². The summed E-state index contributed by atoms with van der Waals surface area (Å²) in [6.07, 6.45) is 1.23. The Morgan fingerprint density at radius 1 is 1.50 bits per heavy atom. The number of nitrogens with two attached hydrogens (primary N) is 1. The fourth-order valence-electron chi connectivity index (χ4n) is 1.93. The number of benzene rings is 1. The van der Waals surface area contributed by atoms with Crippen molar-refractivity contribution in [2.45, 2.75) is 25.0 Å². The predicted octanol–water partition coefficient (Wildman–Crippen LogP) is 1.00. The Bertz CT molecular complexity index is 338. The SMILES string of the molecule is COc1ccc2c(c1)[C@@H](N)[C@H](O)CC2. The maximum absolute atomic E-state index is 9.62. The number of fused-ring (bicyclic) bond motifs is 1. The van der Waals surface area contributed by atoms with Gasteiger partial charge in [0.2, 0.25) is 0 Å². The average Bonchev–Trinajstić information content (AvgIpc) is 2.23. The second-order valence-electron chi connectivity index (χ2n) is 3.70. The molecule has 0 fully saturated rings. The monoisotopic (exact) mass is 193 g/mol. The largest absolute Gasteiger partial charge is 0.497 e. The zero-order chi connectivity index (χ0) is 10.1. The quantitative estimate of drug-likeness (QED) is 0.699. The number of hydrogen-bond acceptors (Lipinski definition) is 3. The number of methoxy groups -OCH3 is 1. The van der Waals surface area contributed by atoms with Crippen LogP contribution in [0.25, 0.3) is 0 Å². The summed E-state index contributed by atoms with van der Waals surface area (Å²) < 4.78 is 5.13. The first kappa shape index (κ1) is 9.49. The molecule has 2 atom stereocenters. The molecule has 0 bridgehead atoms. The van der Waals surface area contributed by atoms with Crippen LogP contribution < -0.4 is 10.5 Å². The Morgan fingerprint density at radius 2 is 2.29 bits per heavy atom. The Hall–Kier alpha value is -1.06. The van der Waals surface area contributed by atoms with Crippen molar-refractivity contribution in [3.05, 3.63) is 29.3 Å². The molecule has 76 valence electrons. The van der Waals surface area contributed by atoms with Gasteiger partial charge < -0.3 is 15.6 Å². The van der Waals surface area contributed by atoms with Crippen molar-refractivity contribution < 1.29 is 9.84 Å². The van der Waals surface area contributed by atoms with Gasteiger partial charge in [-0.15, -0.1) is 0 Å². The first-order valence-corrected chi connectivity index (χ1v) is 4.83. The van der Waals surface area contributed by atoms with Gasteiger partial charge in [0.05, 0.1) is 19.3 Å². The van der Waals surface area contributed by atoms with E-state index in [0.29, 0.717) is 0 Å². The van der Waals surface area contributed by atoms with Gasteiger partial charge in [0.1, 0.15) is 5.75 Å². The van der Waals surface area contributed by atoms with Gasteiger partial charge in [-0.2, -0.15) is 0 Å². The summed E-state index contributed by atoms with van der Waals surface area (Å²) in [5, 5.41) is 9.62. The Balaban J connectivity index is 2.41. The van der Waals surface area contributed by atoms with Gasteiger partial charge in [0.15, 0.2) is 0 Å². The number of aliphatic hydroxyl groups excluding tert-OH is 1. The van der Waals surface area contributed by atoms with Gasteiger partial charge >= 0.3 is 0 Å². The van der Waals surface area contributed by atoms with Crippen molar-refractivity contribution in [2.24, 2.45) is 5.73 Å². The predicted molar refractivity (Wildman–Crippen MR) is 54.3 cm³/mol. The van der Waals surface area contributed by atoms with E-state index in [1.54, 1.807) is 7.11 Å². The molecule has 1 aliphatic carbocycles.